The van der Waals surface area contributed by atoms with Gasteiger partial charge in [-0.25, -0.2) is 14.4 Å². The Balaban J connectivity index is 2.03. The van der Waals surface area contributed by atoms with E-state index in [4.69, 9.17) is 5.73 Å². The van der Waals surface area contributed by atoms with Gasteiger partial charge in [-0.2, -0.15) is 0 Å². The van der Waals surface area contributed by atoms with Gasteiger partial charge in [-0.1, -0.05) is 0 Å². The fraction of sp³-hybridized carbons (Fsp3) is 0.154. The van der Waals surface area contributed by atoms with Crippen LogP contribution in [0.2, 0.25) is 0 Å². The third kappa shape index (κ3) is 3.25. The molecular weight excluding hydrogens is 247 g/mol. The molecule has 2 aromatic rings. The molecule has 1 aromatic heterocycles. The highest BCUT2D eigenvalue weighted by Gasteiger charge is 2.08. The van der Waals surface area contributed by atoms with E-state index in [1.807, 2.05) is 0 Å². The molecular formula is C13H13FN4O. The van der Waals surface area contributed by atoms with Gasteiger partial charge in [-0.3, -0.25) is 4.79 Å². The maximum atomic E-state index is 13.2. The van der Waals surface area contributed by atoms with Crippen LogP contribution in [0.5, 0.6) is 0 Å². The van der Waals surface area contributed by atoms with Gasteiger partial charge in [0.05, 0.1) is 17.9 Å². The number of aryl methyl sites for hydroxylation is 1. The van der Waals surface area contributed by atoms with Gasteiger partial charge >= 0.3 is 0 Å². The number of hydrogen-bond acceptors (Lipinski definition) is 4. The smallest absolute Gasteiger partial charge is 0.251 e. The molecule has 0 radical (unpaired) electrons. The SMILES string of the molecule is Cc1nccc(CNC(=O)c2ccc(N)c(F)c2)n1. The van der Waals surface area contributed by atoms with E-state index in [0.29, 0.717) is 11.5 Å². The Morgan fingerprint density at radius 3 is 2.89 bits per heavy atom. The molecule has 2 rings (SSSR count). The highest BCUT2D eigenvalue weighted by atomic mass is 19.1. The van der Waals surface area contributed by atoms with Gasteiger partial charge < -0.3 is 11.1 Å². The van der Waals surface area contributed by atoms with Crippen molar-refractivity contribution in [2.45, 2.75) is 13.5 Å². The summed E-state index contributed by atoms with van der Waals surface area (Å²) < 4.78 is 13.2. The summed E-state index contributed by atoms with van der Waals surface area (Å²) in [4.78, 5) is 19.9. The number of carbonyl (C=O) groups excluding carboxylic acids is 1. The first-order valence-corrected chi connectivity index (χ1v) is 5.68. The van der Waals surface area contributed by atoms with E-state index in [1.54, 1.807) is 19.2 Å². The first-order chi connectivity index (χ1) is 9.06. The zero-order chi connectivity index (χ0) is 13.8. The van der Waals surface area contributed by atoms with E-state index in [1.165, 1.54) is 12.1 Å². The van der Waals surface area contributed by atoms with Crippen molar-refractivity contribution in [2.24, 2.45) is 0 Å². The molecule has 3 N–H and O–H groups in total. The highest BCUT2D eigenvalue weighted by molar-refractivity contribution is 5.94. The number of nitrogens with one attached hydrogen (secondary N) is 1. The molecule has 98 valence electrons. The second kappa shape index (κ2) is 5.43. The lowest BCUT2D eigenvalue weighted by Crippen LogP contribution is -2.23. The first-order valence-electron chi connectivity index (χ1n) is 5.68. The van der Waals surface area contributed by atoms with E-state index in [9.17, 15) is 9.18 Å². The van der Waals surface area contributed by atoms with Crippen LogP contribution in [0.1, 0.15) is 21.9 Å². The maximum absolute atomic E-state index is 13.2. The zero-order valence-electron chi connectivity index (χ0n) is 10.4. The zero-order valence-corrected chi connectivity index (χ0v) is 10.4. The lowest BCUT2D eigenvalue weighted by molar-refractivity contribution is 0.0950. The molecule has 5 nitrogen and oxygen atoms in total. The third-order valence-corrected chi connectivity index (χ3v) is 2.53. The van der Waals surface area contributed by atoms with Crippen LogP contribution in [0, 0.1) is 12.7 Å². The van der Waals surface area contributed by atoms with E-state index in [0.717, 1.165) is 6.07 Å². The van der Waals surface area contributed by atoms with Gasteiger partial charge in [-0.05, 0) is 31.2 Å². The highest BCUT2D eigenvalue weighted by Crippen LogP contribution is 2.11. The number of halogens is 1. The van der Waals surface area contributed by atoms with Crippen LogP contribution in [0.15, 0.2) is 30.5 Å². The quantitative estimate of drug-likeness (QED) is 0.818. The molecule has 0 unspecified atom stereocenters. The standard InChI is InChI=1S/C13H13FN4O/c1-8-16-5-4-10(18-8)7-17-13(19)9-2-3-12(15)11(14)6-9/h2-6H,7,15H2,1H3,(H,17,19). The fourth-order valence-corrected chi connectivity index (χ4v) is 1.54. The third-order valence-electron chi connectivity index (χ3n) is 2.53. The Labute approximate surface area is 109 Å². The summed E-state index contributed by atoms with van der Waals surface area (Å²) in [7, 11) is 0. The predicted molar refractivity (Wildman–Crippen MR) is 68.8 cm³/mol. The summed E-state index contributed by atoms with van der Waals surface area (Å²) in [6, 6.07) is 5.64. The molecule has 1 aromatic carbocycles. The largest absolute Gasteiger partial charge is 0.396 e. The average Bonchev–Trinajstić information content (AvgIpc) is 2.39. The molecule has 0 aliphatic rings. The van der Waals surface area contributed by atoms with E-state index >= 15 is 0 Å². The van der Waals surface area contributed by atoms with Crippen LogP contribution < -0.4 is 11.1 Å². The number of amides is 1. The lowest BCUT2D eigenvalue weighted by atomic mass is 10.2. The van der Waals surface area contributed by atoms with Gasteiger partial charge in [0.2, 0.25) is 0 Å². The molecule has 0 saturated carbocycles. The summed E-state index contributed by atoms with van der Waals surface area (Å²) in [6.45, 7) is 2.02. The molecule has 0 spiro atoms. The number of carbonyl (C=O) groups is 1. The molecule has 1 heterocycles. The minimum Gasteiger partial charge on any atom is -0.396 e. The molecule has 0 aliphatic heterocycles. The minimum atomic E-state index is -0.606. The molecule has 0 fully saturated rings. The molecule has 1 amide bonds. The molecule has 6 heteroatoms. The summed E-state index contributed by atoms with van der Waals surface area (Å²) in [5.74, 6) is -0.356. The van der Waals surface area contributed by atoms with Gasteiger partial charge in [-0.15, -0.1) is 0 Å². The Morgan fingerprint density at radius 2 is 2.21 bits per heavy atom. The Bertz CT molecular complexity index is 615. The van der Waals surface area contributed by atoms with Crippen molar-refractivity contribution >= 4 is 11.6 Å². The van der Waals surface area contributed by atoms with Crippen LogP contribution in [0.25, 0.3) is 0 Å². The molecule has 0 bridgehead atoms. The van der Waals surface area contributed by atoms with Crippen molar-refractivity contribution in [3.8, 4) is 0 Å². The van der Waals surface area contributed by atoms with Crippen molar-refractivity contribution in [3.05, 3.63) is 53.4 Å². The van der Waals surface area contributed by atoms with Crippen LogP contribution >= 0.6 is 0 Å². The number of nitrogens with zero attached hydrogens (tertiary/aromatic N) is 2. The number of nitrogens with two attached hydrogens (primary N) is 1. The summed E-state index contributed by atoms with van der Waals surface area (Å²) in [6.07, 6.45) is 1.62. The van der Waals surface area contributed by atoms with Crippen molar-refractivity contribution in [3.63, 3.8) is 0 Å². The van der Waals surface area contributed by atoms with Crippen molar-refractivity contribution in [1.82, 2.24) is 15.3 Å². The number of anilines is 1. The van der Waals surface area contributed by atoms with E-state index in [2.05, 4.69) is 15.3 Å². The van der Waals surface area contributed by atoms with Gasteiger partial charge in [0.25, 0.3) is 5.91 Å². The lowest BCUT2D eigenvalue weighted by Gasteiger charge is -2.06. The van der Waals surface area contributed by atoms with Crippen LogP contribution in [-0.2, 0) is 6.54 Å². The number of rotatable bonds is 3. The molecule has 19 heavy (non-hydrogen) atoms. The Kier molecular flexibility index (Phi) is 3.70. The second-order valence-corrected chi connectivity index (χ2v) is 4.01. The van der Waals surface area contributed by atoms with E-state index < -0.39 is 5.82 Å². The monoisotopic (exact) mass is 260 g/mol. The fourth-order valence-electron chi connectivity index (χ4n) is 1.54. The number of aromatic nitrogens is 2. The summed E-state index contributed by atoms with van der Waals surface area (Å²) in [5, 5.41) is 2.65. The number of nitrogen functional groups attached to an aromatic ring is 1. The molecule has 0 saturated heterocycles. The van der Waals surface area contributed by atoms with Crippen LogP contribution in [-0.4, -0.2) is 15.9 Å². The first kappa shape index (κ1) is 12.9. The predicted octanol–water partition coefficient (Wildman–Crippen LogP) is 1.44. The normalized spacial score (nSPS) is 10.2. The maximum Gasteiger partial charge on any atom is 0.251 e. The summed E-state index contributed by atoms with van der Waals surface area (Å²) >= 11 is 0. The van der Waals surface area contributed by atoms with Crippen molar-refractivity contribution in [1.29, 1.82) is 0 Å². The van der Waals surface area contributed by atoms with Crippen LogP contribution in [0.3, 0.4) is 0 Å². The summed E-state index contributed by atoms with van der Waals surface area (Å²) in [5.41, 5.74) is 6.27. The Morgan fingerprint density at radius 1 is 1.42 bits per heavy atom. The second-order valence-electron chi connectivity index (χ2n) is 4.01. The van der Waals surface area contributed by atoms with E-state index in [-0.39, 0.29) is 23.7 Å². The number of benzene rings is 1. The van der Waals surface area contributed by atoms with Gasteiger partial charge in [0.1, 0.15) is 11.6 Å². The van der Waals surface area contributed by atoms with Crippen LogP contribution in [0.4, 0.5) is 10.1 Å². The molecule has 0 aliphatic carbocycles. The topological polar surface area (TPSA) is 80.9 Å². The average molecular weight is 260 g/mol. The number of hydrogen-bond donors (Lipinski definition) is 2. The van der Waals surface area contributed by atoms with Gasteiger partial charge in [0, 0.05) is 11.8 Å². The van der Waals surface area contributed by atoms with Crippen molar-refractivity contribution in [2.75, 3.05) is 5.73 Å². The Hall–Kier alpha value is -2.50. The molecule has 0 atom stereocenters. The van der Waals surface area contributed by atoms with Crippen molar-refractivity contribution < 1.29 is 9.18 Å². The minimum absolute atomic E-state index is 0.0166. The van der Waals surface area contributed by atoms with Gasteiger partial charge in [0.15, 0.2) is 0 Å².